The Morgan fingerprint density at radius 3 is 2.17 bits per heavy atom. The normalized spacial score (nSPS) is 34.8. The highest BCUT2D eigenvalue weighted by Crippen LogP contribution is 2.34. The summed E-state index contributed by atoms with van der Waals surface area (Å²) in [5.74, 6) is 1.15. The lowest BCUT2D eigenvalue weighted by molar-refractivity contribution is -0.135. The average Bonchev–Trinajstić information content (AvgIpc) is 2.89. The molecule has 3 unspecified atom stereocenters. The molecule has 0 bridgehead atoms. The fraction of sp³-hybridized carbons (Fsp3) is 0.941. The molecule has 134 valence electrons. The van der Waals surface area contributed by atoms with E-state index in [0.717, 1.165) is 44.6 Å². The number of fused-ring (bicyclic) bond motifs is 1. The van der Waals surface area contributed by atoms with Crippen molar-refractivity contribution in [2.45, 2.75) is 69.5 Å². The maximum absolute atomic E-state index is 12.7. The first kappa shape index (κ1) is 19.3. The summed E-state index contributed by atoms with van der Waals surface area (Å²) < 4.78 is 0. The number of hydrogen-bond acceptors (Lipinski definition) is 3. The summed E-state index contributed by atoms with van der Waals surface area (Å²) in [4.78, 5) is 17.5. The first-order valence-corrected chi connectivity index (χ1v) is 9.10. The second-order valence-corrected chi connectivity index (χ2v) is 7.55. The highest BCUT2D eigenvalue weighted by atomic mass is 35.5. The SMILES string of the molecule is Cl.Cl.O=C(C1CC2CCCCC2N1)N1CCN(C2CCC2)CC1. The third-order valence-electron chi connectivity index (χ3n) is 6.38. The average molecular weight is 364 g/mol. The van der Waals surface area contributed by atoms with Crippen LogP contribution in [0.25, 0.3) is 0 Å². The van der Waals surface area contributed by atoms with Crippen molar-refractivity contribution in [3.8, 4) is 0 Å². The van der Waals surface area contributed by atoms with Gasteiger partial charge in [0.2, 0.25) is 5.91 Å². The number of carbonyl (C=O) groups excluding carboxylic acids is 1. The molecule has 3 atom stereocenters. The predicted octanol–water partition coefficient (Wildman–Crippen LogP) is 2.45. The van der Waals surface area contributed by atoms with E-state index in [0.29, 0.717) is 11.9 Å². The summed E-state index contributed by atoms with van der Waals surface area (Å²) in [6.45, 7) is 4.08. The van der Waals surface area contributed by atoms with Gasteiger partial charge in [0.15, 0.2) is 0 Å². The van der Waals surface area contributed by atoms with Crippen LogP contribution in [0.5, 0.6) is 0 Å². The maximum atomic E-state index is 12.7. The van der Waals surface area contributed by atoms with Gasteiger partial charge in [-0.15, -0.1) is 24.8 Å². The molecular formula is C17H31Cl2N3O. The third kappa shape index (κ3) is 3.97. The maximum Gasteiger partial charge on any atom is 0.239 e. The second kappa shape index (κ2) is 8.37. The Morgan fingerprint density at radius 2 is 1.57 bits per heavy atom. The van der Waals surface area contributed by atoms with Crippen molar-refractivity contribution in [3.05, 3.63) is 0 Å². The highest BCUT2D eigenvalue weighted by molar-refractivity contribution is 5.85. The number of hydrogen-bond donors (Lipinski definition) is 1. The summed E-state index contributed by atoms with van der Waals surface area (Å²) in [6.07, 6.45) is 10.6. The van der Waals surface area contributed by atoms with Crippen LogP contribution in [0.3, 0.4) is 0 Å². The Bertz CT molecular complexity index is 383. The Kier molecular flexibility index (Phi) is 7.02. The highest BCUT2D eigenvalue weighted by Gasteiger charge is 2.40. The van der Waals surface area contributed by atoms with Crippen LogP contribution in [-0.2, 0) is 4.79 Å². The molecule has 0 spiro atoms. The zero-order valence-corrected chi connectivity index (χ0v) is 15.5. The van der Waals surface area contributed by atoms with Gasteiger partial charge in [-0.3, -0.25) is 9.69 Å². The van der Waals surface area contributed by atoms with Crippen molar-refractivity contribution in [3.63, 3.8) is 0 Å². The van der Waals surface area contributed by atoms with E-state index in [1.807, 2.05) is 0 Å². The molecule has 0 aromatic rings. The molecule has 1 amide bonds. The summed E-state index contributed by atoms with van der Waals surface area (Å²) >= 11 is 0. The molecule has 2 aliphatic heterocycles. The third-order valence-corrected chi connectivity index (χ3v) is 6.38. The van der Waals surface area contributed by atoms with Gasteiger partial charge in [-0.05, 0) is 38.0 Å². The van der Waals surface area contributed by atoms with Gasteiger partial charge in [-0.2, -0.15) is 0 Å². The molecule has 2 aliphatic carbocycles. The van der Waals surface area contributed by atoms with Gasteiger partial charge in [0.25, 0.3) is 0 Å². The minimum absolute atomic E-state index is 0. The predicted molar refractivity (Wildman–Crippen MR) is 97.6 cm³/mol. The largest absolute Gasteiger partial charge is 0.339 e. The van der Waals surface area contributed by atoms with Gasteiger partial charge in [-0.25, -0.2) is 0 Å². The summed E-state index contributed by atoms with van der Waals surface area (Å²) in [5.41, 5.74) is 0. The van der Waals surface area contributed by atoms with Gasteiger partial charge >= 0.3 is 0 Å². The van der Waals surface area contributed by atoms with Gasteiger partial charge in [0, 0.05) is 38.3 Å². The van der Waals surface area contributed by atoms with E-state index >= 15 is 0 Å². The molecule has 23 heavy (non-hydrogen) atoms. The molecule has 4 aliphatic rings. The van der Waals surface area contributed by atoms with Gasteiger partial charge in [0.05, 0.1) is 6.04 Å². The molecule has 0 aromatic heterocycles. The van der Waals surface area contributed by atoms with E-state index in [4.69, 9.17) is 0 Å². The van der Waals surface area contributed by atoms with Crippen LogP contribution < -0.4 is 5.32 Å². The number of amides is 1. The van der Waals surface area contributed by atoms with Crippen molar-refractivity contribution in [2.24, 2.45) is 5.92 Å². The van der Waals surface area contributed by atoms with E-state index in [1.54, 1.807) is 0 Å². The molecule has 0 radical (unpaired) electrons. The van der Waals surface area contributed by atoms with E-state index in [1.165, 1.54) is 44.9 Å². The van der Waals surface area contributed by atoms with E-state index in [2.05, 4.69) is 15.1 Å². The van der Waals surface area contributed by atoms with E-state index in [9.17, 15) is 4.79 Å². The van der Waals surface area contributed by atoms with Gasteiger partial charge < -0.3 is 10.2 Å². The smallest absolute Gasteiger partial charge is 0.239 e. The molecule has 6 heteroatoms. The number of rotatable bonds is 2. The quantitative estimate of drug-likeness (QED) is 0.818. The summed E-state index contributed by atoms with van der Waals surface area (Å²) in [7, 11) is 0. The molecule has 4 fully saturated rings. The fourth-order valence-corrected chi connectivity index (χ4v) is 4.79. The summed E-state index contributed by atoms with van der Waals surface area (Å²) in [6, 6.07) is 1.58. The van der Waals surface area contributed by atoms with Crippen molar-refractivity contribution in [1.29, 1.82) is 0 Å². The molecule has 4 nitrogen and oxygen atoms in total. The Hall–Kier alpha value is -0.0300. The van der Waals surface area contributed by atoms with Crippen LogP contribution >= 0.6 is 24.8 Å². The van der Waals surface area contributed by atoms with Crippen LogP contribution in [0.2, 0.25) is 0 Å². The fourth-order valence-electron chi connectivity index (χ4n) is 4.79. The first-order chi connectivity index (χ1) is 10.3. The van der Waals surface area contributed by atoms with E-state index in [-0.39, 0.29) is 30.9 Å². The van der Waals surface area contributed by atoms with Crippen molar-refractivity contribution in [2.75, 3.05) is 26.2 Å². The van der Waals surface area contributed by atoms with Crippen molar-refractivity contribution >= 4 is 30.7 Å². The minimum atomic E-state index is 0. The van der Waals surface area contributed by atoms with E-state index < -0.39 is 0 Å². The summed E-state index contributed by atoms with van der Waals surface area (Å²) in [5, 5.41) is 3.64. The zero-order chi connectivity index (χ0) is 14.2. The van der Waals surface area contributed by atoms with Crippen LogP contribution in [-0.4, -0.2) is 60.0 Å². The van der Waals surface area contributed by atoms with Crippen molar-refractivity contribution in [1.82, 2.24) is 15.1 Å². The number of nitrogens with zero attached hydrogens (tertiary/aromatic N) is 2. The lowest BCUT2D eigenvalue weighted by atomic mass is 9.85. The molecule has 0 aromatic carbocycles. The first-order valence-electron chi connectivity index (χ1n) is 9.10. The van der Waals surface area contributed by atoms with Crippen LogP contribution in [0.15, 0.2) is 0 Å². The molecule has 2 saturated carbocycles. The Labute approximate surface area is 152 Å². The number of halogens is 2. The topological polar surface area (TPSA) is 35.6 Å². The zero-order valence-electron chi connectivity index (χ0n) is 13.9. The number of nitrogens with one attached hydrogen (secondary N) is 1. The molecule has 2 heterocycles. The monoisotopic (exact) mass is 363 g/mol. The standard InChI is InChI=1S/C17H29N3O.2ClH/c21-17(16-12-13-4-1-2-7-15(13)18-16)20-10-8-19(9-11-20)14-5-3-6-14;;/h13-16,18H,1-12H2;2*1H. The molecular weight excluding hydrogens is 333 g/mol. The Morgan fingerprint density at radius 1 is 0.870 bits per heavy atom. The van der Waals surface area contributed by atoms with Gasteiger partial charge in [0.1, 0.15) is 0 Å². The van der Waals surface area contributed by atoms with Crippen LogP contribution in [0.1, 0.15) is 51.4 Å². The lowest BCUT2D eigenvalue weighted by Crippen LogP contribution is -2.56. The minimum Gasteiger partial charge on any atom is -0.339 e. The number of piperazine rings is 1. The Balaban J connectivity index is 0.000000960. The second-order valence-electron chi connectivity index (χ2n) is 7.55. The van der Waals surface area contributed by atoms with Crippen LogP contribution in [0.4, 0.5) is 0 Å². The lowest BCUT2D eigenvalue weighted by Gasteiger charge is -2.43. The van der Waals surface area contributed by atoms with Crippen molar-refractivity contribution < 1.29 is 4.79 Å². The molecule has 2 saturated heterocycles. The molecule has 4 rings (SSSR count). The van der Waals surface area contributed by atoms with Gasteiger partial charge in [-0.1, -0.05) is 19.3 Å². The number of carbonyl (C=O) groups is 1. The van der Waals surface area contributed by atoms with Crippen LogP contribution in [0, 0.1) is 5.92 Å². The molecule has 1 N–H and O–H groups in total.